The van der Waals surface area contributed by atoms with Gasteiger partial charge in [0.1, 0.15) is 17.7 Å². The maximum Gasteiger partial charge on any atom is 0.141 e. The molecule has 20 heavy (non-hydrogen) atoms. The van der Waals surface area contributed by atoms with Crippen LogP contribution in [-0.2, 0) is 0 Å². The highest BCUT2D eigenvalue weighted by Gasteiger charge is 2.10. The highest BCUT2D eigenvalue weighted by molar-refractivity contribution is 5.51. The smallest absolute Gasteiger partial charge is 0.141 e. The zero-order valence-corrected chi connectivity index (χ0v) is 11.0. The van der Waals surface area contributed by atoms with Gasteiger partial charge in [-0.25, -0.2) is 8.78 Å². The lowest BCUT2D eigenvalue weighted by atomic mass is 10.0. The van der Waals surface area contributed by atoms with Gasteiger partial charge in [-0.1, -0.05) is 19.1 Å². The summed E-state index contributed by atoms with van der Waals surface area (Å²) >= 11 is 0. The number of nitrogens with zero attached hydrogens (tertiary/aromatic N) is 1. The van der Waals surface area contributed by atoms with E-state index in [4.69, 9.17) is 5.26 Å². The van der Waals surface area contributed by atoms with Gasteiger partial charge < -0.3 is 5.32 Å². The molecular formula is C16H14F2N2. The third kappa shape index (κ3) is 3.12. The number of hydrogen-bond donors (Lipinski definition) is 1. The molecule has 1 atom stereocenters. The molecule has 0 bridgehead atoms. The Labute approximate surface area is 116 Å². The molecule has 0 radical (unpaired) electrons. The van der Waals surface area contributed by atoms with Crippen molar-refractivity contribution >= 4 is 5.69 Å². The maximum absolute atomic E-state index is 13.3. The van der Waals surface area contributed by atoms with E-state index in [0.29, 0.717) is 5.69 Å². The molecule has 0 aliphatic carbocycles. The van der Waals surface area contributed by atoms with Gasteiger partial charge in [0, 0.05) is 5.69 Å². The summed E-state index contributed by atoms with van der Waals surface area (Å²) in [6.45, 7) is 2.00. The molecule has 0 saturated carbocycles. The number of rotatable bonds is 4. The van der Waals surface area contributed by atoms with E-state index in [9.17, 15) is 8.78 Å². The summed E-state index contributed by atoms with van der Waals surface area (Å²) in [7, 11) is 0. The topological polar surface area (TPSA) is 35.8 Å². The van der Waals surface area contributed by atoms with Crippen LogP contribution in [0, 0.1) is 23.0 Å². The molecule has 2 nitrogen and oxygen atoms in total. The van der Waals surface area contributed by atoms with Crippen LogP contribution < -0.4 is 5.32 Å². The lowest BCUT2D eigenvalue weighted by Gasteiger charge is -2.19. The number of hydrogen-bond acceptors (Lipinski definition) is 2. The first-order valence-corrected chi connectivity index (χ1v) is 6.35. The van der Waals surface area contributed by atoms with Crippen molar-refractivity contribution in [3.05, 3.63) is 65.2 Å². The molecule has 0 aliphatic heterocycles. The number of nitriles is 1. The molecule has 0 saturated heterocycles. The average molecular weight is 272 g/mol. The van der Waals surface area contributed by atoms with Crippen molar-refractivity contribution in [2.24, 2.45) is 0 Å². The van der Waals surface area contributed by atoms with E-state index < -0.39 is 5.82 Å². The fourth-order valence-electron chi connectivity index (χ4n) is 2.02. The van der Waals surface area contributed by atoms with E-state index in [1.54, 1.807) is 18.2 Å². The van der Waals surface area contributed by atoms with Crippen LogP contribution in [0.3, 0.4) is 0 Å². The monoisotopic (exact) mass is 272 g/mol. The summed E-state index contributed by atoms with van der Waals surface area (Å²) in [6, 6.07) is 12.4. The van der Waals surface area contributed by atoms with Crippen molar-refractivity contribution < 1.29 is 8.78 Å². The second-order valence-electron chi connectivity index (χ2n) is 4.46. The van der Waals surface area contributed by atoms with E-state index in [-0.39, 0.29) is 17.4 Å². The largest absolute Gasteiger partial charge is 0.378 e. The zero-order chi connectivity index (χ0) is 14.5. The molecule has 0 amide bonds. The van der Waals surface area contributed by atoms with E-state index >= 15 is 0 Å². The van der Waals surface area contributed by atoms with Gasteiger partial charge in [-0.05, 0) is 42.3 Å². The molecule has 4 heteroatoms. The summed E-state index contributed by atoms with van der Waals surface area (Å²) in [5.41, 5.74) is 1.61. The van der Waals surface area contributed by atoms with Crippen LogP contribution in [0.4, 0.5) is 14.5 Å². The van der Waals surface area contributed by atoms with Crippen LogP contribution in [0.5, 0.6) is 0 Å². The molecule has 0 aliphatic rings. The van der Waals surface area contributed by atoms with Gasteiger partial charge in [0.2, 0.25) is 0 Å². The van der Waals surface area contributed by atoms with E-state index in [0.717, 1.165) is 12.0 Å². The Bertz CT molecular complexity index is 630. The first-order chi connectivity index (χ1) is 9.63. The number of benzene rings is 2. The summed E-state index contributed by atoms with van der Waals surface area (Å²) in [6.07, 6.45) is 0.783. The Hall–Kier alpha value is -2.41. The van der Waals surface area contributed by atoms with Crippen LogP contribution in [0.25, 0.3) is 0 Å². The lowest BCUT2D eigenvalue weighted by molar-refractivity contribution is 0.623. The molecular weight excluding hydrogens is 258 g/mol. The van der Waals surface area contributed by atoms with Crippen LogP contribution in [-0.4, -0.2) is 0 Å². The summed E-state index contributed by atoms with van der Waals surface area (Å²) < 4.78 is 26.2. The van der Waals surface area contributed by atoms with Crippen LogP contribution in [0.2, 0.25) is 0 Å². The van der Waals surface area contributed by atoms with E-state index in [1.165, 1.54) is 24.3 Å². The number of anilines is 1. The van der Waals surface area contributed by atoms with Crippen molar-refractivity contribution in [2.75, 3.05) is 5.32 Å². The molecule has 2 aromatic rings. The standard InChI is InChI=1S/C16H14F2N2/c1-2-16(11-3-5-13(17)6-4-11)20-14-7-8-15(18)12(9-14)10-19/h3-9,16,20H,2H2,1H3. The molecule has 2 aromatic carbocycles. The van der Waals surface area contributed by atoms with Crippen LogP contribution >= 0.6 is 0 Å². The van der Waals surface area contributed by atoms with Gasteiger partial charge in [-0.3, -0.25) is 0 Å². The predicted molar refractivity (Wildman–Crippen MR) is 74.2 cm³/mol. The third-order valence-electron chi connectivity index (χ3n) is 3.11. The third-order valence-corrected chi connectivity index (χ3v) is 3.11. The minimum atomic E-state index is -0.534. The normalized spacial score (nSPS) is 11.7. The van der Waals surface area contributed by atoms with Crippen LogP contribution in [0.1, 0.15) is 30.5 Å². The molecule has 0 spiro atoms. The molecule has 1 N–H and O–H groups in total. The van der Waals surface area contributed by atoms with Gasteiger partial charge in [0.05, 0.1) is 11.6 Å². The SMILES string of the molecule is CCC(Nc1ccc(F)c(C#N)c1)c1ccc(F)cc1. The number of nitrogens with one attached hydrogen (secondary N) is 1. The van der Waals surface area contributed by atoms with Gasteiger partial charge >= 0.3 is 0 Å². The second-order valence-corrected chi connectivity index (χ2v) is 4.46. The van der Waals surface area contributed by atoms with Crippen molar-refractivity contribution in [1.82, 2.24) is 0 Å². The number of halogens is 2. The highest BCUT2D eigenvalue weighted by atomic mass is 19.1. The van der Waals surface area contributed by atoms with Gasteiger partial charge in [0.25, 0.3) is 0 Å². The van der Waals surface area contributed by atoms with Crippen molar-refractivity contribution in [2.45, 2.75) is 19.4 Å². The fourth-order valence-corrected chi connectivity index (χ4v) is 2.02. The second kappa shape index (κ2) is 6.16. The van der Waals surface area contributed by atoms with Crippen molar-refractivity contribution in [1.29, 1.82) is 5.26 Å². The molecule has 2 rings (SSSR count). The Balaban J connectivity index is 2.22. The molecule has 0 fully saturated rings. The summed E-state index contributed by atoms with van der Waals surface area (Å²) in [5, 5.41) is 12.0. The van der Waals surface area contributed by atoms with Gasteiger partial charge in [0.15, 0.2) is 0 Å². The van der Waals surface area contributed by atoms with Crippen molar-refractivity contribution in [3.63, 3.8) is 0 Å². The predicted octanol–water partition coefficient (Wildman–Crippen LogP) is 4.40. The first kappa shape index (κ1) is 14.0. The Morgan fingerprint density at radius 1 is 1.15 bits per heavy atom. The quantitative estimate of drug-likeness (QED) is 0.895. The lowest BCUT2D eigenvalue weighted by Crippen LogP contribution is -2.10. The minimum absolute atomic E-state index is 0.00367. The Morgan fingerprint density at radius 3 is 2.45 bits per heavy atom. The first-order valence-electron chi connectivity index (χ1n) is 6.35. The minimum Gasteiger partial charge on any atom is -0.378 e. The Kier molecular flexibility index (Phi) is 4.31. The summed E-state index contributed by atoms with van der Waals surface area (Å²) in [5.74, 6) is -0.815. The zero-order valence-electron chi connectivity index (χ0n) is 11.0. The molecule has 1 unspecified atom stereocenters. The summed E-state index contributed by atoms with van der Waals surface area (Å²) in [4.78, 5) is 0. The molecule has 0 aromatic heterocycles. The van der Waals surface area contributed by atoms with Crippen molar-refractivity contribution in [3.8, 4) is 6.07 Å². The van der Waals surface area contributed by atoms with E-state index in [1.807, 2.05) is 13.0 Å². The molecule has 102 valence electrons. The maximum atomic E-state index is 13.3. The van der Waals surface area contributed by atoms with Gasteiger partial charge in [-0.2, -0.15) is 5.26 Å². The van der Waals surface area contributed by atoms with Gasteiger partial charge in [-0.15, -0.1) is 0 Å². The van der Waals surface area contributed by atoms with Crippen LogP contribution in [0.15, 0.2) is 42.5 Å². The highest BCUT2D eigenvalue weighted by Crippen LogP contribution is 2.24. The fraction of sp³-hybridized carbons (Fsp3) is 0.188. The molecule has 0 heterocycles. The Morgan fingerprint density at radius 2 is 1.85 bits per heavy atom. The van der Waals surface area contributed by atoms with E-state index in [2.05, 4.69) is 5.32 Å². The average Bonchev–Trinajstić information content (AvgIpc) is 2.47.